The predicted molar refractivity (Wildman–Crippen MR) is 70.1 cm³/mol. The summed E-state index contributed by atoms with van der Waals surface area (Å²) in [5.41, 5.74) is 2.08. The predicted octanol–water partition coefficient (Wildman–Crippen LogP) is 2.46. The summed E-state index contributed by atoms with van der Waals surface area (Å²) in [6, 6.07) is 13.7. The minimum atomic E-state index is -0.953. The summed E-state index contributed by atoms with van der Waals surface area (Å²) in [6.07, 6.45) is 0. The monoisotopic (exact) mass is 258 g/mol. The maximum Gasteiger partial charge on any atom is 0.335 e. The van der Waals surface area contributed by atoms with Crippen LogP contribution >= 0.6 is 0 Å². The highest BCUT2D eigenvalue weighted by Crippen LogP contribution is 2.14. The Bertz CT molecular complexity index is 543. The molecule has 0 bridgehead atoms. The third-order valence-corrected chi connectivity index (χ3v) is 2.71. The quantitative estimate of drug-likeness (QED) is 0.864. The summed E-state index contributed by atoms with van der Waals surface area (Å²) in [4.78, 5) is 10.7. The molecule has 2 aromatic carbocycles. The Hall–Kier alpha value is -2.33. The molecule has 0 aliphatic heterocycles. The van der Waals surface area contributed by atoms with Crippen molar-refractivity contribution in [3.63, 3.8) is 0 Å². The van der Waals surface area contributed by atoms with Gasteiger partial charge in [-0.25, -0.2) is 4.79 Å². The number of carboxylic acid groups (broad SMARTS) is 1. The molecule has 2 rings (SSSR count). The molecule has 0 fully saturated rings. The van der Waals surface area contributed by atoms with Crippen molar-refractivity contribution in [2.24, 2.45) is 0 Å². The van der Waals surface area contributed by atoms with Gasteiger partial charge in [0.15, 0.2) is 0 Å². The van der Waals surface area contributed by atoms with Crippen molar-refractivity contribution in [1.29, 1.82) is 0 Å². The van der Waals surface area contributed by atoms with Gasteiger partial charge in [-0.3, -0.25) is 0 Å². The lowest BCUT2D eigenvalue weighted by Crippen LogP contribution is -1.98. The summed E-state index contributed by atoms with van der Waals surface area (Å²) in [5.74, 6) is -0.331. The molecule has 0 amide bonds. The normalized spacial score (nSPS) is 10.2. The zero-order valence-electron chi connectivity index (χ0n) is 10.2. The van der Waals surface area contributed by atoms with Gasteiger partial charge in [0.2, 0.25) is 0 Å². The first-order chi connectivity index (χ1) is 9.19. The topological polar surface area (TPSA) is 66.8 Å². The minimum Gasteiger partial charge on any atom is -0.489 e. The van der Waals surface area contributed by atoms with Crippen molar-refractivity contribution in [3.8, 4) is 5.75 Å². The van der Waals surface area contributed by atoms with Crippen LogP contribution in [0, 0.1) is 0 Å². The van der Waals surface area contributed by atoms with Crippen LogP contribution in [0.5, 0.6) is 5.75 Å². The van der Waals surface area contributed by atoms with E-state index in [0.717, 1.165) is 11.1 Å². The lowest BCUT2D eigenvalue weighted by atomic mass is 10.1. The van der Waals surface area contributed by atoms with Crippen molar-refractivity contribution in [2.45, 2.75) is 13.2 Å². The average molecular weight is 258 g/mol. The van der Waals surface area contributed by atoms with E-state index < -0.39 is 5.97 Å². The van der Waals surface area contributed by atoms with Gasteiger partial charge in [-0.15, -0.1) is 0 Å². The number of hydrogen-bond donors (Lipinski definition) is 2. The molecule has 2 aromatic rings. The number of aromatic carboxylic acids is 1. The van der Waals surface area contributed by atoms with Crippen LogP contribution in [0.25, 0.3) is 0 Å². The van der Waals surface area contributed by atoms with Crippen molar-refractivity contribution in [1.82, 2.24) is 0 Å². The van der Waals surface area contributed by atoms with E-state index in [1.807, 2.05) is 24.3 Å². The fourth-order valence-electron chi connectivity index (χ4n) is 1.60. The molecule has 4 heteroatoms. The van der Waals surface area contributed by atoms with E-state index in [-0.39, 0.29) is 12.2 Å². The standard InChI is InChI=1S/C15H14O4/c16-9-11-1-3-12(4-2-11)10-19-14-7-5-13(6-8-14)15(17)18/h1-8,16H,9-10H2,(H,17,18). The van der Waals surface area contributed by atoms with E-state index in [9.17, 15) is 4.79 Å². The molecule has 0 saturated carbocycles. The van der Waals surface area contributed by atoms with E-state index in [4.69, 9.17) is 14.9 Å². The van der Waals surface area contributed by atoms with Crippen LogP contribution in [0.3, 0.4) is 0 Å². The molecule has 0 spiro atoms. The van der Waals surface area contributed by atoms with Crippen LogP contribution in [-0.2, 0) is 13.2 Å². The largest absolute Gasteiger partial charge is 0.489 e. The third kappa shape index (κ3) is 3.56. The Balaban J connectivity index is 1.95. The Labute approximate surface area is 110 Å². The molecule has 0 aliphatic rings. The zero-order valence-corrected chi connectivity index (χ0v) is 10.2. The molecule has 0 aromatic heterocycles. The summed E-state index contributed by atoms with van der Waals surface area (Å²) in [5, 5.41) is 17.7. The lowest BCUT2D eigenvalue weighted by molar-refractivity contribution is 0.0697. The smallest absolute Gasteiger partial charge is 0.335 e. The van der Waals surface area contributed by atoms with Gasteiger partial charge in [0, 0.05) is 0 Å². The first-order valence-corrected chi connectivity index (χ1v) is 5.84. The SMILES string of the molecule is O=C(O)c1ccc(OCc2ccc(CO)cc2)cc1. The molecule has 0 unspecified atom stereocenters. The molecule has 0 atom stereocenters. The highest BCUT2D eigenvalue weighted by Gasteiger charge is 2.02. The lowest BCUT2D eigenvalue weighted by Gasteiger charge is -2.07. The molecule has 0 radical (unpaired) electrons. The van der Waals surface area contributed by atoms with Gasteiger partial charge < -0.3 is 14.9 Å². The molecule has 2 N–H and O–H groups in total. The number of carboxylic acids is 1. The van der Waals surface area contributed by atoms with E-state index in [0.29, 0.717) is 12.4 Å². The van der Waals surface area contributed by atoms with Crippen LogP contribution in [0.1, 0.15) is 21.5 Å². The van der Waals surface area contributed by atoms with Gasteiger partial charge in [-0.05, 0) is 35.4 Å². The number of aliphatic hydroxyl groups excluding tert-OH is 1. The molecule has 0 saturated heterocycles. The van der Waals surface area contributed by atoms with Gasteiger partial charge in [-0.2, -0.15) is 0 Å². The fraction of sp³-hybridized carbons (Fsp3) is 0.133. The summed E-state index contributed by atoms with van der Waals surface area (Å²) in [7, 11) is 0. The average Bonchev–Trinajstić information content (AvgIpc) is 2.46. The van der Waals surface area contributed by atoms with Crippen LogP contribution in [0.4, 0.5) is 0 Å². The molecular weight excluding hydrogens is 244 g/mol. The van der Waals surface area contributed by atoms with Gasteiger partial charge in [0.1, 0.15) is 12.4 Å². The second-order valence-corrected chi connectivity index (χ2v) is 4.09. The van der Waals surface area contributed by atoms with E-state index >= 15 is 0 Å². The number of rotatable bonds is 5. The van der Waals surface area contributed by atoms with E-state index in [1.54, 1.807) is 12.1 Å². The molecule has 4 nitrogen and oxygen atoms in total. The third-order valence-electron chi connectivity index (χ3n) is 2.71. The Morgan fingerprint density at radius 3 is 2.05 bits per heavy atom. The summed E-state index contributed by atoms with van der Waals surface area (Å²) >= 11 is 0. The molecular formula is C15H14O4. The first kappa shape index (κ1) is 13.1. The Morgan fingerprint density at radius 2 is 1.53 bits per heavy atom. The van der Waals surface area contributed by atoms with Crippen molar-refractivity contribution >= 4 is 5.97 Å². The van der Waals surface area contributed by atoms with Gasteiger partial charge in [0.25, 0.3) is 0 Å². The maximum atomic E-state index is 10.7. The van der Waals surface area contributed by atoms with Crippen LogP contribution in [-0.4, -0.2) is 16.2 Å². The first-order valence-electron chi connectivity index (χ1n) is 5.84. The summed E-state index contributed by atoms with van der Waals surface area (Å²) in [6.45, 7) is 0.427. The van der Waals surface area contributed by atoms with Crippen LogP contribution in [0.15, 0.2) is 48.5 Å². The second-order valence-electron chi connectivity index (χ2n) is 4.09. The maximum absolute atomic E-state index is 10.7. The van der Waals surface area contributed by atoms with Crippen molar-refractivity contribution in [3.05, 3.63) is 65.2 Å². The van der Waals surface area contributed by atoms with Crippen LogP contribution in [0.2, 0.25) is 0 Å². The number of carbonyl (C=O) groups is 1. The van der Waals surface area contributed by atoms with Crippen LogP contribution < -0.4 is 4.74 Å². The molecule has 0 aliphatic carbocycles. The molecule has 0 heterocycles. The fourth-order valence-corrected chi connectivity index (χ4v) is 1.60. The minimum absolute atomic E-state index is 0.0256. The molecule has 19 heavy (non-hydrogen) atoms. The van der Waals surface area contributed by atoms with Crippen molar-refractivity contribution < 1.29 is 19.7 Å². The van der Waals surface area contributed by atoms with Gasteiger partial charge in [0.05, 0.1) is 12.2 Å². The Morgan fingerprint density at radius 1 is 0.947 bits per heavy atom. The number of benzene rings is 2. The van der Waals surface area contributed by atoms with Gasteiger partial charge in [-0.1, -0.05) is 24.3 Å². The molecule has 98 valence electrons. The number of ether oxygens (including phenoxy) is 1. The summed E-state index contributed by atoms with van der Waals surface area (Å²) < 4.78 is 5.54. The van der Waals surface area contributed by atoms with E-state index in [1.165, 1.54) is 12.1 Å². The second kappa shape index (κ2) is 6.02. The van der Waals surface area contributed by atoms with Gasteiger partial charge >= 0.3 is 5.97 Å². The highest BCUT2D eigenvalue weighted by atomic mass is 16.5. The van der Waals surface area contributed by atoms with Crippen molar-refractivity contribution in [2.75, 3.05) is 0 Å². The zero-order chi connectivity index (χ0) is 13.7. The highest BCUT2D eigenvalue weighted by molar-refractivity contribution is 5.87. The number of hydrogen-bond acceptors (Lipinski definition) is 3. The number of aliphatic hydroxyl groups is 1. The Kier molecular flexibility index (Phi) is 4.15. The van der Waals surface area contributed by atoms with E-state index in [2.05, 4.69) is 0 Å².